The molecular formula is C17H30N2O2RuS. The first kappa shape index (κ1) is 22.7. The van der Waals surface area contributed by atoms with Gasteiger partial charge in [-0.25, -0.2) is 13.1 Å². The number of aryl methyl sites for hydroxylation is 4. The van der Waals surface area contributed by atoms with E-state index in [1.54, 1.807) is 0 Å². The van der Waals surface area contributed by atoms with E-state index in [1.807, 2.05) is 0 Å². The number of rotatable bonds is 2. The minimum Gasteiger partial charge on any atom is -0.326 e. The molecule has 2 atom stereocenters. The average Bonchev–Trinajstić information content (AvgIpc) is 2.39. The molecule has 1 aromatic rings. The van der Waals surface area contributed by atoms with Gasteiger partial charge >= 0.3 is 0 Å². The molecule has 0 bridgehead atoms. The third-order valence-corrected chi connectivity index (χ3v) is 5.03. The number of nitrogens with one attached hydrogen (secondary N) is 1. The smallest absolute Gasteiger partial charge is 0.209 e. The van der Waals surface area contributed by atoms with Gasteiger partial charge in [-0.2, -0.15) is 0 Å². The number of benzene rings is 1. The van der Waals surface area contributed by atoms with E-state index in [1.165, 1.54) is 28.5 Å². The summed E-state index contributed by atoms with van der Waals surface area (Å²) in [5.74, 6) is 0. The summed E-state index contributed by atoms with van der Waals surface area (Å²) in [4.78, 5) is 0. The first-order chi connectivity index (χ1) is 10.1. The normalized spacial score (nSPS) is 21.0. The van der Waals surface area contributed by atoms with Gasteiger partial charge in [-0.1, -0.05) is 25.0 Å². The summed E-state index contributed by atoms with van der Waals surface area (Å²) in [5.41, 5.74) is 11.3. The topological polar surface area (TPSA) is 72.2 Å². The molecule has 4 nitrogen and oxygen atoms in total. The molecule has 0 spiro atoms. The molecule has 0 amide bonds. The predicted octanol–water partition coefficient (Wildman–Crippen LogP) is 2.72. The standard InChI is InChI=1S/C10H14.C7H16N2O2S.Ru/c1-7-5-9(3)10(4)6-8(7)2;1-12(10,11)9-7-5-3-2-4-6(7)8;/h5-6H,1-4H3;6-7,9H,2-5,8H2,1H3;/t;6-,7-;/m.1./s1. The zero-order valence-corrected chi connectivity index (χ0v) is 17.3. The molecule has 0 aromatic heterocycles. The Morgan fingerprint density at radius 1 is 0.957 bits per heavy atom. The van der Waals surface area contributed by atoms with Crippen LogP contribution in [0.1, 0.15) is 47.9 Å². The van der Waals surface area contributed by atoms with Crippen LogP contribution in [0.15, 0.2) is 12.1 Å². The van der Waals surface area contributed by atoms with E-state index in [2.05, 4.69) is 44.5 Å². The molecule has 3 N–H and O–H groups in total. The van der Waals surface area contributed by atoms with E-state index >= 15 is 0 Å². The monoisotopic (exact) mass is 428 g/mol. The second kappa shape index (κ2) is 9.88. The van der Waals surface area contributed by atoms with E-state index in [4.69, 9.17) is 5.73 Å². The number of sulfonamides is 1. The van der Waals surface area contributed by atoms with Crippen molar-refractivity contribution in [2.24, 2.45) is 5.73 Å². The summed E-state index contributed by atoms with van der Waals surface area (Å²) < 4.78 is 24.3. The van der Waals surface area contributed by atoms with Crippen LogP contribution in [-0.4, -0.2) is 26.8 Å². The SMILES string of the molecule is CS(=O)(=O)N[C@@H]1CCCC[C@H]1N.Cc1cc(C)c(C)cc1C.[Ru]. The number of hydrogen-bond donors (Lipinski definition) is 2. The zero-order chi connectivity index (χ0) is 16.9. The summed E-state index contributed by atoms with van der Waals surface area (Å²) in [6.45, 7) is 8.62. The summed E-state index contributed by atoms with van der Waals surface area (Å²) in [6.07, 6.45) is 5.15. The molecule has 1 aromatic carbocycles. The first-order valence-electron chi connectivity index (χ1n) is 7.87. The maximum atomic E-state index is 10.9. The van der Waals surface area contributed by atoms with Crippen molar-refractivity contribution in [1.82, 2.24) is 4.72 Å². The quantitative estimate of drug-likeness (QED) is 0.713. The van der Waals surface area contributed by atoms with E-state index in [9.17, 15) is 8.42 Å². The van der Waals surface area contributed by atoms with Crippen molar-refractivity contribution >= 4 is 10.0 Å². The molecule has 0 unspecified atom stereocenters. The van der Waals surface area contributed by atoms with Crippen molar-refractivity contribution in [3.63, 3.8) is 0 Å². The van der Waals surface area contributed by atoms with Crippen LogP contribution in [0.3, 0.4) is 0 Å². The third-order valence-electron chi connectivity index (χ3n) is 4.29. The Morgan fingerprint density at radius 3 is 1.70 bits per heavy atom. The predicted molar refractivity (Wildman–Crippen MR) is 93.6 cm³/mol. The Labute approximate surface area is 154 Å². The average molecular weight is 428 g/mol. The van der Waals surface area contributed by atoms with Crippen LogP contribution in [0, 0.1) is 27.7 Å². The molecular weight excluding hydrogens is 397 g/mol. The van der Waals surface area contributed by atoms with Crippen LogP contribution in [0.5, 0.6) is 0 Å². The summed E-state index contributed by atoms with van der Waals surface area (Å²) in [7, 11) is -3.09. The molecule has 1 aliphatic rings. The fourth-order valence-corrected chi connectivity index (χ4v) is 3.53. The van der Waals surface area contributed by atoms with Gasteiger partial charge < -0.3 is 5.73 Å². The van der Waals surface area contributed by atoms with Crippen LogP contribution in [0.25, 0.3) is 0 Å². The summed E-state index contributed by atoms with van der Waals surface area (Å²) >= 11 is 0. The second-order valence-electron chi connectivity index (χ2n) is 6.47. The molecule has 1 saturated carbocycles. The summed E-state index contributed by atoms with van der Waals surface area (Å²) in [6, 6.07) is 4.43. The van der Waals surface area contributed by atoms with Gasteiger partial charge in [-0.05, 0) is 62.8 Å². The fraction of sp³-hybridized carbons (Fsp3) is 0.647. The Hall–Kier alpha value is -0.287. The van der Waals surface area contributed by atoms with Gasteiger partial charge in [0.25, 0.3) is 0 Å². The molecule has 23 heavy (non-hydrogen) atoms. The maximum absolute atomic E-state index is 10.9. The van der Waals surface area contributed by atoms with E-state index in [-0.39, 0.29) is 31.6 Å². The fourth-order valence-electron chi connectivity index (χ4n) is 2.69. The van der Waals surface area contributed by atoms with E-state index in [0.29, 0.717) is 0 Å². The molecule has 1 aliphatic carbocycles. The van der Waals surface area contributed by atoms with Crippen molar-refractivity contribution in [1.29, 1.82) is 0 Å². The van der Waals surface area contributed by atoms with Crippen molar-refractivity contribution in [2.45, 2.75) is 65.5 Å². The summed E-state index contributed by atoms with van der Waals surface area (Å²) in [5, 5.41) is 0. The van der Waals surface area contributed by atoms with Gasteiger partial charge in [0.2, 0.25) is 10.0 Å². The third kappa shape index (κ3) is 8.39. The van der Waals surface area contributed by atoms with Crippen LogP contribution >= 0.6 is 0 Å². The Kier molecular flexibility index (Phi) is 9.75. The van der Waals surface area contributed by atoms with Gasteiger partial charge in [-0.3, -0.25) is 0 Å². The molecule has 6 heteroatoms. The van der Waals surface area contributed by atoms with Crippen LogP contribution in [0.4, 0.5) is 0 Å². The van der Waals surface area contributed by atoms with Crippen LogP contribution < -0.4 is 10.5 Å². The molecule has 0 aliphatic heterocycles. The van der Waals surface area contributed by atoms with Crippen LogP contribution in [-0.2, 0) is 29.5 Å². The molecule has 1 fully saturated rings. The molecule has 0 heterocycles. The second-order valence-corrected chi connectivity index (χ2v) is 8.25. The molecule has 2 rings (SSSR count). The zero-order valence-electron chi connectivity index (χ0n) is 14.8. The largest absolute Gasteiger partial charge is 0.326 e. The van der Waals surface area contributed by atoms with Gasteiger partial charge in [0.05, 0.1) is 6.26 Å². The minimum absolute atomic E-state index is 0. The maximum Gasteiger partial charge on any atom is 0.209 e. The van der Waals surface area contributed by atoms with Gasteiger partial charge in [0.15, 0.2) is 0 Å². The van der Waals surface area contributed by atoms with Crippen molar-refractivity contribution < 1.29 is 27.9 Å². The molecule has 134 valence electrons. The minimum atomic E-state index is -3.09. The van der Waals surface area contributed by atoms with Crippen molar-refractivity contribution in [3.8, 4) is 0 Å². The van der Waals surface area contributed by atoms with E-state index in [0.717, 1.165) is 25.7 Å². The van der Waals surface area contributed by atoms with E-state index < -0.39 is 10.0 Å². The van der Waals surface area contributed by atoms with Gasteiger partial charge in [0.1, 0.15) is 0 Å². The Balaban J connectivity index is 0.000000409. The van der Waals surface area contributed by atoms with Gasteiger partial charge in [0, 0.05) is 31.6 Å². The molecule has 0 saturated heterocycles. The van der Waals surface area contributed by atoms with Gasteiger partial charge in [-0.15, -0.1) is 0 Å². The molecule has 0 radical (unpaired) electrons. The Morgan fingerprint density at radius 2 is 1.35 bits per heavy atom. The van der Waals surface area contributed by atoms with Crippen molar-refractivity contribution in [2.75, 3.05) is 6.26 Å². The Bertz CT molecular complexity index is 553. The first-order valence-corrected chi connectivity index (χ1v) is 9.76. The van der Waals surface area contributed by atoms with Crippen LogP contribution in [0.2, 0.25) is 0 Å². The van der Waals surface area contributed by atoms with Crippen molar-refractivity contribution in [3.05, 3.63) is 34.4 Å². The number of nitrogens with two attached hydrogens (primary N) is 1. The number of hydrogen-bond acceptors (Lipinski definition) is 3.